The Hall–Kier alpha value is -1.30. The number of nitrogens with one attached hydrogen (secondary N) is 1. The second-order valence-electron chi connectivity index (χ2n) is 6.97. The lowest BCUT2D eigenvalue weighted by molar-refractivity contribution is -0.149. The first-order valence-electron chi connectivity index (χ1n) is 8.00. The lowest BCUT2D eigenvalue weighted by Crippen LogP contribution is -2.44. The Balaban J connectivity index is 2.58. The van der Waals surface area contributed by atoms with E-state index < -0.39 is 23.1 Å². The van der Waals surface area contributed by atoms with Gasteiger partial charge in [-0.15, -0.1) is 0 Å². The van der Waals surface area contributed by atoms with E-state index in [1.165, 1.54) is 0 Å². The fourth-order valence-electron chi connectivity index (χ4n) is 2.59. The predicted molar refractivity (Wildman–Crippen MR) is 82.8 cm³/mol. The molecule has 0 aliphatic carbocycles. The third kappa shape index (κ3) is 5.83. The number of carboxylic acid groups (broad SMARTS) is 1. The number of rotatable bonds is 7. The number of amides is 1. The van der Waals surface area contributed by atoms with Crippen LogP contribution in [0.2, 0.25) is 0 Å². The summed E-state index contributed by atoms with van der Waals surface area (Å²) in [6.07, 6.45) is 3.22. The predicted octanol–water partition coefficient (Wildman–Crippen LogP) is 2.95. The van der Waals surface area contributed by atoms with Crippen LogP contribution in [0.3, 0.4) is 0 Å². The van der Waals surface area contributed by atoms with E-state index in [-0.39, 0.29) is 12.6 Å². The van der Waals surface area contributed by atoms with Crippen molar-refractivity contribution in [3.05, 3.63) is 0 Å². The Bertz CT molecular complexity index is 384. The van der Waals surface area contributed by atoms with Gasteiger partial charge in [0, 0.05) is 13.2 Å². The molecule has 6 nitrogen and oxygen atoms in total. The summed E-state index contributed by atoms with van der Waals surface area (Å²) >= 11 is 0. The molecule has 1 aliphatic heterocycles. The van der Waals surface area contributed by atoms with Gasteiger partial charge < -0.3 is 19.9 Å². The summed E-state index contributed by atoms with van der Waals surface area (Å²) < 4.78 is 10.7. The molecule has 1 saturated heterocycles. The summed E-state index contributed by atoms with van der Waals surface area (Å²) in [5, 5.41) is 12.2. The lowest BCUT2D eigenvalue weighted by Gasteiger charge is -2.30. The van der Waals surface area contributed by atoms with E-state index in [1.54, 1.807) is 20.8 Å². The topological polar surface area (TPSA) is 84.9 Å². The molecule has 1 fully saturated rings. The molecule has 0 aromatic carbocycles. The zero-order chi connectivity index (χ0) is 16.8. The molecule has 2 atom stereocenters. The molecule has 6 heteroatoms. The molecule has 128 valence electrons. The molecule has 0 aromatic rings. The first kappa shape index (κ1) is 18.7. The number of carboxylic acids is 1. The minimum absolute atomic E-state index is 0.0699. The molecule has 1 rings (SSSR count). The second-order valence-corrected chi connectivity index (χ2v) is 6.97. The molecule has 0 bridgehead atoms. The van der Waals surface area contributed by atoms with Gasteiger partial charge in [-0.05, 0) is 52.9 Å². The van der Waals surface area contributed by atoms with Crippen LogP contribution in [0, 0.1) is 5.41 Å². The highest BCUT2D eigenvalue weighted by molar-refractivity contribution is 5.76. The van der Waals surface area contributed by atoms with Gasteiger partial charge in [0.05, 0.1) is 11.5 Å². The van der Waals surface area contributed by atoms with E-state index in [4.69, 9.17) is 9.47 Å². The second kappa shape index (κ2) is 7.81. The molecular weight excluding hydrogens is 286 g/mol. The van der Waals surface area contributed by atoms with Gasteiger partial charge in [-0.3, -0.25) is 4.79 Å². The van der Waals surface area contributed by atoms with Crippen molar-refractivity contribution in [3.63, 3.8) is 0 Å². The fraction of sp³-hybridized carbons (Fsp3) is 0.875. The minimum atomic E-state index is -0.969. The molecule has 2 N–H and O–H groups in total. The van der Waals surface area contributed by atoms with E-state index in [1.807, 2.05) is 6.92 Å². The Kier molecular flexibility index (Phi) is 6.66. The number of alkyl carbamates (subject to hydrolysis) is 1. The summed E-state index contributed by atoms with van der Waals surface area (Å²) in [7, 11) is 0. The van der Waals surface area contributed by atoms with E-state index in [0.29, 0.717) is 19.3 Å². The van der Waals surface area contributed by atoms with Gasteiger partial charge in [-0.25, -0.2) is 4.79 Å². The van der Waals surface area contributed by atoms with Crippen molar-refractivity contribution >= 4 is 12.1 Å². The Labute approximate surface area is 132 Å². The van der Waals surface area contributed by atoms with Gasteiger partial charge in [0.15, 0.2) is 0 Å². The zero-order valence-corrected chi connectivity index (χ0v) is 14.1. The molecular formula is C16H29NO5. The van der Waals surface area contributed by atoms with Crippen LogP contribution in [0.25, 0.3) is 0 Å². The maximum atomic E-state index is 11.8. The summed E-state index contributed by atoms with van der Waals surface area (Å²) in [4.78, 5) is 23.5. The van der Waals surface area contributed by atoms with Crippen molar-refractivity contribution in [2.45, 2.75) is 71.5 Å². The van der Waals surface area contributed by atoms with Gasteiger partial charge in [0.2, 0.25) is 0 Å². The third-order valence-corrected chi connectivity index (χ3v) is 4.07. The smallest absolute Gasteiger partial charge is 0.407 e. The summed E-state index contributed by atoms with van der Waals surface area (Å²) in [5.74, 6) is -0.885. The van der Waals surface area contributed by atoms with Gasteiger partial charge >= 0.3 is 12.1 Å². The van der Waals surface area contributed by atoms with Crippen LogP contribution in [0.15, 0.2) is 0 Å². The first-order chi connectivity index (χ1) is 10.2. The minimum Gasteiger partial charge on any atom is -0.481 e. The summed E-state index contributed by atoms with van der Waals surface area (Å²) in [6.45, 7) is 7.98. The van der Waals surface area contributed by atoms with E-state index in [0.717, 1.165) is 19.4 Å². The molecule has 1 aliphatic rings. The first-order valence-corrected chi connectivity index (χ1v) is 8.00. The highest BCUT2D eigenvalue weighted by Gasteiger charge is 2.38. The largest absolute Gasteiger partial charge is 0.481 e. The normalized spacial score (nSPS) is 21.2. The van der Waals surface area contributed by atoms with Crippen molar-refractivity contribution < 1.29 is 24.2 Å². The van der Waals surface area contributed by atoms with Crippen LogP contribution in [0.4, 0.5) is 4.79 Å². The van der Waals surface area contributed by atoms with E-state index in [9.17, 15) is 14.7 Å². The zero-order valence-electron chi connectivity index (χ0n) is 14.1. The van der Waals surface area contributed by atoms with Crippen LogP contribution in [0.5, 0.6) is 0 Å². The van der Waals surface area contributed by atoms with Crippen molar-refractivity contribution in [2.24, 2.45) is 5.41 Å². The Morgan fingerprint density at radius 2 is 2.05 bits per heavy atom. The third-order valence-electron chi connectivity index (χ3n) is 4.07. The van der Waals surface area contributed by atoms with Gasteiger partial charge in [-0.2, -0.15) is 0 Å². The standard InChI is InChI=1S/C16H29NO5/c1-5-16(13(18)19,9-8-12-7-6-10-21-12)11-17-14(20)22-15(2,3)4/h12H,5-11H2,1-4H3,(H,17,20)(H,18,19). The van der Waals surface area contributed by atoms with Crippen molar-refractivity contribution in [3.8, 4) is 0 Å². The monoisotopic (exact) mass is 315 g/mol. The maximum Gasteiger partial charge on any atom is 0.407 e. The number of aliphatic carboxylic acids is 1. The summed E-state index contributed by atoms with van der Waals surface area (Å²) in [5.41, 5.74) is -1.57. The summed E-state index contributed by atoms with van der Waals surface area (Å²) in [6, 6.07) is 0. The quantitative estimate of drug-likeness (QED) is 0.754. The molecule has 0 saturated carbocycles. The van der Waals surface area contributed by atoms with Gasteiger partial charge in [0.25, 0.3) is 0 Å². The molecule has 0 spiro atoms. The van der Waals surface area contributed by atoms with E-state index in [2.05, 4.69) is 5.32 Å². The lowest BCUT2D eigenvalue weighted by atomic mass is 9.79. The highest BCUT2D eigenvalue weighted by atomic mass is 16.6. The van der Waals surface area contributed by atoms with Crippen LogP contribution in [0.1, 0.15) is 59.8 Å². The number of ether oxygens (including phenoxy) is 2. The SMILES string of the molecule is CCC(CCC1CCCO1)(CNC(=O)OC(C)(C)C)C(=O)O. The van der Waals surface area contributed by atoms with Gasteiger partial charge in [0.1, 0.15) is 5.60 Å². The van der Waals surface area contributed by atoms with Crippen LogP contribution in [-0.2, 0) is 14.3 Å². The van der Waals surface area contributed by atoms with Crippen LogP contribution in [-0.4, -0.2) is 42.0 Å². The molecule has 0 aromatic heterocycles. The average Bonchev–Trinajstić information content (AvgIpc) is 2.90. The fourth-order valence-corrected chi connectivity index (χ4v) is 2.59. The van der Waals surface area contributed by atoms with E-state index >= 15 is 0 Å². The molecule has 22 heavy (non-hydrogen) atoms. The number of carbonyl (C=O) groups is 2. The number of hydrogen-bond acceptors (Lipinski definition) is 4. The van der Waals surface area contributed by atoms with Crippen LogP contribution < -0.4 is 5.32 Å². The van der Waals surface area contributed by atoms with Crippen LogP contribution >= 0.6 is 0 Å². The number of carbonyl (C=O) groups excluding carboxylic acids is 1. The number of hydrogen-bond donors (Lipinski definition) is 2. The van der Waals surface area contributed by atoms with Crippen molar-refractivity contribution in [2.75, 3.05) is 13.2 Å². The van der Waals surface area contributed by atoms with Crippen molar-refractivity contribution in [1.82, 2.24) is 5.32 Å². The molecule has 1 heterocycles. The molecule has 1 amide bonds. The average molecular weight is 315 g/mol. The Morgan fingerprint density at radius 3 is 2.50 bits per heavy atom. The highest BCUT2D eigenvalue weighted by Crippen LogP contribution is 2.31. The molecule has 0 radical (unpaired) electrons. The Morgan fingerprint density at radius 1 is 1.36 bits per heavy atom. The molecule has 2 unspecified atom stereocenters. The maximum absolute atomic E-state index is 11.8. The van der Waals surface area contributed by atoms with Crippen molar-refractivity contribution in [1.29, 1.82) is 0 Å². The van der Waals surface area contributed by atoms with Gasteiger partial charge in [-0.1, -0.05) is 6.92 Å².